The number of thiocarbonyl (C=S) groups is 1. The molecular weight excluding hydrogens is 414 g/mol. The molecule has 168 valence electrons. The van der Waals surface area contributed by atoms with Crippen molar-refractivity contribution < 1.29 is 0 Å². The van der Waals surface area contributed by atoms with Crippen molar-refractivity contribution in [2.45, 2.75) is 71.5 Å². The average molecular weight is 448 g/mol. The second kappa shape index (κ2) is 9.86. The molecule has 5 heteroatoms. The van der Waals surface area contributed by atoms with Crippen LogP contribution in [0.3, 0.4) is 0 Å². The van der Waals surface area contributed by atoms with Gasteiger partial charge in [-0.05, 0) is 74.5 Å². The summed E-state index contributed by atoms with van der Waals surface area (Å²) in [4.78, 5) is 18.4. The van der Waals surface area contributed by atoms with Crippen LogP contribution in [0.4, 0.5) is 0 Å². The highest BCUT2D eigenvalue weighted by atomic mass is 32.1. The van der Waals surface area contributed by atoms with E-state index in [1.165, 1.54) is 30.4 Å². The number of hydrogen-bond donors (Lipinski definition) is 2. The van der Waals surface area contributed by atoms with Gasteiger partial charge in [0.15, 0.2) is 5.11 Å². The molecule has 3 aromatic rings. The van der Waals surface area contributed by atoms with Crippen LogP contribution in [0.2, 0.25) is 0 Å². The molecule has 0 unspecified atom stereocenters. The molecular formula is C27H33N3OS. The van der Waals surface area contributed by atoms with Gasteiger partial charge in [0.05, 0.1) is 18.1 Å². The number of hydrogen-bond acceptors (Lipinski definition) is 2. The maximum atomic E-state index is 13.0. The fraction of sp³-hybridized carbons (Fsp3) is 0.407. The molecule has 0 radical (unpaired) electrons. The molecule has 1 saturated carbocycles. The maximum absolute atomic E-state index is 13.0. The number of nitrogens with one attached hydrogen (secondary N) is 2. The standard InChI is InChI=1S/C27H33N3OS/c1-18-14-19(2)25-22(15-18)16-23(26(31)29-25)17-30(24-12-8-5-9-13-24)27(32)28-20(3)21-10-6-4-7-11-21/h4,6-7,10-11,14-16,20,24H,5,8-9,12-13,17H2,1-3H3,(H,28,32)(H,29,31)/t20-/m0/s1. The molecule has 0 spiro atoms. The Morgan fingerprint density at radius 3 is 2.56 bits per heavy atom. The second-order valence-electron chi connectivity index (χ2n) is 9.17. The van der Waals surface area contributed by atoms with E-state index in [0.717, 1.165) is 40.0 Å². The van der Waals surface area contributed by atoms with Crippen LogP contribution in [0.5, 0.6) is 0 Å². The van der Waals surface area contributed by atoms with Crippen molar-refractivity contribution in [2.75, 3.05) is 0 Å². The van der Waals surface area contributed by atoms with Gasteiger partial charge in [-0.25, -0.2) is 0 Å². The summed E-state index contributed by atoms with van der Waals surface area (Å²) in [5.74, 6) is 0. The predicted octanol–water partition coefficient (Wildman–Crippen LogP) is 5.92. The van der Waals surface area contributed by atoms with Gasteiger partial charge in [0.1, 0.15) is 0 Å². The van der Waals surface area contributed by atoms with Crippen LogP contribution >= 0.6 is 12.2 Å². The number of fused-ring (bicyclic) bond motifs is 1. The largest absolute Gasteiger partial charge is 0.356 e. The van der Waals surface area contributed by atoms with Gasteiger partial charge in [-0.1, -0.05) is 61.2 Å². The van der Waals surface area contributed by atoms with Crippen molar-refractivity contribution in [1.82, 2.24) is 15.2 Å². The van der Waals surface area contributed by atoms with E-state index in [-0.39, 0.29) is 11.6 Å². The van der Waals surface area contributed by atoms with Crippen LogP contribution < -0.4 is 10.9 Å². The first-order chi connectivity index (χ1) is 15.4. The number of nitrogens with zero attached hydrogens (tertiary/aromatic N) is 1. The van der Waals surface area contributed by atoms with E-state index in [0.29, 0.717) is 12.6 Å². The third-order valence-corrected chi connectivity index (χ3v) is 6.98. The Balaban J connectivity index is 1.63. The third-order valence-electron chi connectivity index (χ3n) is 6.63. The van der Waals surface area contributed by atoms with Crippen LogP contribution in [-0.2, 0) is 6.54 Å². The minimum absolute atomic E-state index is 0.0239. The lowest BCUT2D eigenvalue weighted by molar-refractivity contribution is 0.233. The van der Waals surface area contributed by atoms with Crippen LogP contribution in [0, 0.1) is 13.8 Å². The van der Waals surface area contributed by atoms with Gasteiger partial charge in [0.2, 0.25) is 0 Å². The van der Waals surface area contributed by atoms with E-state index < -0.39 is 0 Å². The zero-order valence-electron chi connectivity index (χ0n) is 19.3. The van der Waals surface area contributed by atoms with E-state index in [1.54, 1.807) is 0 Å². The van der Waals surface area contributed by atoms with Gasteiger partial charge < -0.3 is 15.2 Å². The monoisotopic (exact) mass is 447 g/mol. The van der Waals surface area contributed by atoms with E-state index in [4.69, 9.17) is 12.2 Å². The number of rotatable bonds is 5. The summed E-state index contributed by atoms with van der Waals surface area (Å²) in [6, 6.07) is 17.1. The van der Waals surface area contributed by atoms with Crippen LogP contribution in [-0.4, -0.2) is 21.0 Å². The van der Waals surface area contributed by atoms with E-state index in [2.05, 4.69) is 53.3 Å². The zero-order chi connectivity index (χ0) is 22.7. The molecule has 0 saturated heterocycles. The maximum Gasteiger partial charge on any atom is 0.253 e. The lowest BCUT2D eigenvalue weighted by Gasteiger charge is -2.37. The Kier molecular flexibility index (Phi) is 6.95. The van der Waals surface area contributed by atoms with Crippen LogP contribution in [0.1, 0.15) is 67.3 Å². The van der Waals surface area contributed by atoms with Crippen molar-refractivity contribution in [3.63, 3.8) is 0 Å². The van der Waals surface area contributed by atoms with Crippen molar-refractivity contribution in [1.29, 1.82) is 0 Å². The Hall–Kier alpha value is -2.66. The first-order valence-corrected chi connectivity index (χ1v) is 12.1. The van der Waals surface area contributed by atoms with Gasteiger partial charge in [0.25, 0.3) is 5.56 Å². The predicted molar refractivity (Wildman–Crippen MR) is 137 cm³/mol. The minimum atomic E-state index is -0.0239. The van der Waals surface area contributed by atoms with E-state index >= 15 is 0 Å². The summed E-state index contributed by atoms with van der Waals surface area (Å²) in [7, 11) is 0. The SMILES string of the molecule is Cc1cc(C)c2[nH]c(=O)c(CN(C(=S)N[C@@H](C)c3ccccc3)C3CCCCC3)cc2c1. The highest BCUT2D eigenvalue weighted by Gasteiger charge is 2.25. The molecule has 4 nitrogen and oxygen atoms in total. The topological polar surface area (TPSA) is 48.1 Å². The smallest absolute Gasteiger partial charge is 0.253 e. The summed E-state index contributed by atoms with van der Waals surface area (Å²) in [6.45, 7) is 6.80. The highest BCUT2D eigenvalue weighted by Crippen LogP contribution is 2.26. The number of aryl methyl sites for hydroxylation is 2. The molecule has 0 amide bonds. The van der Waals surface area contributed by atoms with Crippen molar-refractivity contribution >= 4 is 28.2 Å². The molecule has 2 N–H and O–H groups in total. The summed E-state index contributed by atoms with van der Waals surface area (Å²) in [6.07, 6.45) is 5.94. The molecule has 1 aliphatic rings. The first kappa shape index (κ1) is 22.5. The summed E-state index contributed by atoms with van der Waals surface area (Å²) < 4.78 is 0. The third kappa shape index (κ3) is 5.04. The average Bonchev–Trinajstić information content (AvgIpc) is 2.79. The molecule has 4 rings (SSSR count). The minimum Gasteiger partial charge on any atom is -0.356 e. The molecule has 2 aromatic carbocycles. The molecule has 0 aliphatic heterocycles. The number of H-pyrrole nitrogens is 1. The summed E-state index contributed by atoms with van der Waals surface area (Å²) >= 11 is 5.91. The molecule has 1 aromatic heterocycles. The molecule has 1 fully saturated rings. The number of benzene rings is 2. The Morgan fingerprint density at radius 2 is 1.84 bits per heavy atom. The highest BCUT2D eigenvalue weighted by molar-refractivity contribution is 7.80. The van der Waals surface area contributed by atoms with Crippen molar-refractivity contribution in [3.8, 4) is 0 Å². The normalized spacial score (nSPS) is 15.5. The molecule has 1 atom stereocenters. The molecule has 1 heterocycles. The van der Waals surface area contributed by atoms with E-state index in [9.17, 15) is 4.79 Å². The molecule has 32 heavy (non-hydrogen) atoms. The number of aromatic nitrogens is 1. The van der Waals surface area contributed by atoms with Gasteiger partial charge >= 0.3 is 0 Å². The van der Waals surface area contributed by atoms with Crippen LogP contribution in [0.25, 0.3) is 10.9 Å². The Labute approximate surface area is 196 Å². The van der Waals surface area contributed by atoms with Crippen molar-refractivity contribution in [2.24, 2.45) is 0 Å². The second-order valence-corrected chi connectivity index (χ2v) is 9.56. The van der Waals surface area contributed by atoms with Crippen molar-refractivity contribution in [3.05, 3.63) is 81.1 Å². The Morgan fingerprint density at radius 1 is 1.12 bits per heavy atom. The quantitative estimate of drug-likeness (QED) is 0.477. The Bertz CT molecular complexity index is 1150. The lowest BCUT2D eigenvalue weighted by Crippen LogP contribution is -2.47. The first-order valence-electron chi connectivity index (χ1n) is 11.7. The van der Waals surface area contributed by atoms with Gasteiger partial charge in [-0.15, -0.1) is 0 Å². The molecule has 0 bridgehead atoms. The van der Waals surface area contributed by atoms with Crippen LogP contribution in [0.15, 0.2) is 53.3 Å². The fourth-order valence-corrected chi connectivity index (χ4v) is 5.28. The number of pyridine rings is 1. The van der Waals surface area contributed by atoms with E-state index in [1.807, 2.05) is 31.2 Å². The zero-order valence-corrected chi connectivity index (χ0v) is 20.1. The summed E-state index contributed by atoms with van der Waals surface area (Å²) in [5.41, 5.74) is 5.17. The summed E-state index contributed by atoms with van der Waals surface area (Å²) in [5, 5.41) is 5.34. The van der Waals surface area contributed by atoms with Gasteiger partial charge in [-0.3, -0.25) is 4.79 Å². The van der Waals surface area contributed by atoms with Gasteiger partial charge in [-0.2, -0.15) is 0 Å². The fourth-order valence-electron chi connectivity index (χ4n) is 4.89. The molecule has 1 aliphatic carbocycles. The lowest BCUT2D eigenvalue weighted by atomic mass is 9.94. The number of aromatic amines is 1. The van der Waals surface area contributed by atoms with Gasteiger partial charge in [0, 0.05) is 11.6 Å².